The lowest BCUT2D eigenvalue weighted by atomic mass is 10.2. The molecule has 1 aliphatic rings. The van der Waals surface area contributed by atoms with Gasteiger partial charge in [-0.1, -0.05) is 0 Å². The molecule has 0 amide bonds. The van der Waals surface area contributed by atoms with Gasteiger partial charge in [-0.25, -0.2) is 4.98 Å². The van der Waals surface area contributed by atoms with E-state index in [1.165, 1.54) is 17.5 Å². The average Bonchev–Trinajstić information content (AvgIpc) is 2.98. The zero-order chi connectivity index (χ0) is 11.1. The number of fused-ring (bicyclic) bond motifs is 1. The third-order valence-electron chi connectivity index (χ3n) is 2.94. The van der Waals surface area contributed by atoms with Gasteiger partial charge in [0, 0.05) is 6.54 Å². The third-order valence-corrected chi connectivity index (χ3v) is 3.88. The molecular weight excluding hydrogens is 218 g/mol. The number of thiazole rings is 1. The second-order valence-corrected chi connectivity index (χ2v) is 5.70. The molecule has 16 heavy (non-hydrogen) atoms. The topological polar surface area (TPSA) is 50.9 Å². The van der Waals surface area contributed by atoms with Crippen molar-refractivity contribution in [1.29, 1.82) is 0 Å². The first-order valence-electron chi connectivity index (χ1n) is 5.63. The monoisotopic (exact) mass is 233 g/mol. The lowest BCUT2D eigenvalue weighted by molar-refractivity contribution is 0.890. The number of rotatable bonds is 3. The highest BCUT2D eigenvalue weighted by atomic mass is 32.1. The maximum absolute atomic E-state index is 6.02. The lowest BCUT2D eigenvalue weighted by Crippen LogP contribution is -2.05. The SMILES string of the molecule is Cc1nc2cc(NCC3CC3)c(N)cc2s1. The molecule has 4 heteroatoms. The number of aryl methyl sites for hydroxylation is 1. The summed E-state index contributed by atoms with van der Waals surface area (Å²) >= 11 is 1.69. The second kappa shape index (κ2) is 3.63. The molecule has 3 rings (SSSR count). The first kappa shape index (κ1) is 9.90. The Bertz CT molecular complexity index is 528. The lowest BCUT2D eigenvalue weighted by Gasteiger charge is -2.08. The number of nitrogen functional groups attached to an aromatic ring is 1. The zero-order valence-electron chi connectivity index (χ0n) is 9.29. The number of nitrogens with zero attached hydrogens (tertiary/aromatic N) is 1. The predicted octanol–water partition coefficient (Wildman–Crippen LogP) is 3.01. The van der Waals surface area contributed by atoms with Crippen LogP contribution < -0.4 is 11.1 Å². The van der Waals surface area contributed by atoms with Crippen molar-refractivity contribution in [2.45, 2.75) is 19.8 Å². The number of aromatic nitrogens is 1. The summed E-state index contributed by atoms with van der Waals surface area (Å²) in [5, 5.41) is 4.51. The van der Waals surface area contributed by atoms with E-state index >= 15 is 0 Å². The van der Waals surface area contributed by atoms with Crippen LogP contribution in [0.3, 0.4) is 0 Å². The van der Waals surface area contributed by atoms with Crippen LogP contribution in [-0.4, -0.2) is 11.5 Å². The highest BCUT2D eigenvalue weighted by Crippen LogP contribution is 2.32. The molecule has 3 nitrogen and oxygen atoms in total. The van der Waals surface area contributed by atoms with Crippen molar-refractivity contribution in [3.05, 3.63) is 17.1 Å². The first-order chi connectivity index (χ1) is 7.72. The van der Waals surface area contributed by atoms with Crippen molar-refractivity contribution in [3.8, 4) is 0 Å². The molecule has 1 heterocycles. The van der Waals surface area contributed by atoms with Gasteiger partial charge in [0.1, 0.15) is 0 Å². The fourth-order valence-corrected chi connectivity index (χ4v) is 2.69. The molecule has 3 N–H and O–H groups in total. The summed E-state index contributed by atoms with van der Waals surface area (Å²) in [7, 11) is 0. The van der Waals surface area contributed by atoms with E-state index in [9.17, 15) is 0 Å². The highest BCUT2D eigenvalue weighted by molar-refractivity contribution is 7.18. The Morgan fingerprint density at radius 2 is 2.31 bits per heavy atom. The molecule has 1 fully saturated rings. The largest absolute Gasteiger partial charge is 0.397 e. The summed E-state index contributed by atoms with van der Waals surface area (Å²) in [5.74, 6) is 0.854. The van der Waals surface area contributed by atoms with Crippen LogP contribution in [0.4, 0.5) is 11.4 Å². The zero-order valence-corrected chi connectivity index (χ0v) is 10.1. The molecule has 1 aromatic carbocycles. The number of anilines is 2. The van der Waals surface area contributed by atoms with E-state index in [4.69, 9.17) is 5.73 Å². The molecule has 0 unspecified atom stereocenters. The molecule has 0 aliphatic heterocycles. The van der Waals surface area contributed by atoms with Gasteiger partial charge in [0.05, 0.1) is 26.6 Å². The number of nitrogens with two attached hydrogens (primary N) is 1. The molecule has 1 aromatic heterocycles. The van der Waals surface area contributed by atoms with Crippen molar-refractivity contribution in [3.63, 3.8) is 0 Å². The quantitative estimate of drug-likeness (QED) is 0.801. The van der Waals surface area contributed by atoms with Crippen molar-refractivity contribution in [2.75, 3.05) is 17.6 Å². The number of nitrogens with one attached hydrogen (secondary N) is 1. The Balaban J connectivity index is 1.92. The summed E-state index contributed by atoms with van der Waals surface area (Å²) in [4.78, 5) is 4.48. The minimum atomic E-state index is 0.830. The van der Waals surface area contributed by atoms with Gasteiger partial charge in [-0.05, 0) is 37.8 Å². The van der Waals surface area contributed by atoms with Crippen molar-refractivity contribution in [1.82, 2.24) is 4.98 Å². The Morgan fingerprint density at radius 3 is 3.06 bits per heavy atom. The smallest absolute Gasteiger partial charge is 0.0907 e. The Kier molecular flexibility index (Phi) is 2.24. The molecule has 0 bridgehead atoms. The van der Waals surface area contributed by atoms with E-state index < -0.39 is 0 Å². The molecule has 1 aliphatic carbocycles. The van der Waals surface area contributed by atoms with Gasteiger partial charge < -0.3 is 11.1 Å². The van der Waals surface area contributed by atoms with E-state index in [0.29, 0.717) is 0 Å². The van der Waals surface area contributed by atoms with E-state index in [1.807, 2.05) is 13.0 Å². The van der Waals surface area contributed by atoms with Gasteiger partial charge in [0.25, 0.3) is 0 Å². The van der Waals surface area contributed by atoms with Gasteiger partial charge >= 0.3 is 0 Å². The molecule has 0 spiro atoms. The van der Waals surface area contributed by atoms with Crippen molar-refractivity contribution >= 4 is 32.9 Å². The van der Waals surface area contributed by atoms with Crippen LogP contribution in [0.15, 0.2) is 12.1 Å². The second-order valence-electron chi connectivity index (χ2n) is 4.46. The Hall–Kier alpha value is -1.29. The number of hydrogen-bond acceptors (Lipinski definition) is 4. The summed E-state index contributed by atoms with van der Waals surface area (Å²) in [6.07, 6.45) is 2.70. The first-order valence-corrected chi connectivity index (χ1v) is 6.44. The van der Waals surface area contributed by atoms with Crippen LogP contribution in [0.25, 0.3) is 10.2 Å². The summed E-state index contributed by atoms with van der Waals surface area (Å²) in [6, 6.07) is 4.09. The maximum Gasteiger partial charge on any atom is 0.0907 e. The Labute approximate surface area is 98.7 Å². The van der Waals surface area contributed by atoms with Crippen LogP contribution in [0.1, 0.15) is 17.8 Å². The van der Waals surface area contributed by atoms with Gasteiger partial charge in [0.2, 0.25) is 0 Å². The van der Waals surface area contributed by atoms with Crippen molar-refractivity contribution < 1.29 is 0 Å². The van der Waals surface area contributed by atoms with Crippen LogP contribution in [-0.2, 0) is 0 Å². The van der Waals surface area contributed by atoms with Gasteiger partial charge in [0.15, 0.2) is 0 Å². The molecule has 2 aromatic rings. The summed E-state index contributed by atoms with van der Waals surface area (Å²) in [5.41, 5.74) is 8.93. The minimum Gasteiger partial charge on any atom is -0.397 e. The standard InChI is InChI=1S/C12H15N3S/c1-7-15-11-5-10(14-6-8-2-3-8)9(13)4-12(11)16-7/h4-5,8,14H,2-3,6,13H2,1H3. The van der Waals surface area contributed by atoms with Crippen molar-refractivity contribution in [2.24, 2.45) is 5.92 Å². The predicted molar refractivity (Wildman–Crippen MR) is 70.0 cm³/mol. The maximum atomic E-state index is 6.02. The fraction of sp³-hybridized carbons (Fsp3) is 0.417. The van der Waals surface area contributed by atoms with Crippen LogP contribution in [0.5, 0.6) is 0 Å². The molecule has 0 atom stereocenters. The Morgan fingerprint density at radius 1 is 1.50 bits per heavy atom. The number of hydrogen-bond donors (Lipinski definition) is 2. The molecule has 1 saturated carbocycles. The van der Waals surface area contributed by atoms with Gasteiger partial charge in [-0.3, -0.25) is 0 Å². The van der Waals surface area contributed by atoms with E-state index in [-0.39, 0.29) is 0 Å². The van der Waals surface area contributed by atoms with Crippen LogP contribution in [0, 0.1) is 12.8 Å². The average molecular weight is 233 g/mol. The van der Waals surface area contributed by atoms with E-state index in [0.717, 1.165) is 34.4 Å². The van der Waals surface area contributed by atoms with E-state index in [1.54, 1.807) is 11.3 Å². The number of benzene rings is 1. The van der Waals surface area contributed by atoms with Gasteiger partial charge in [-0.2, -0.15) is 0 Å². The van der Waals surface area contributed by atoms with Crippen LogP contribution in [0.2, 0.25) is 0 Å². The third kappa shape index (κ3) is 1.85. The molecule has 0 saturated heterocycles. The summed E-state index contributed by atoms with van der Waals surface area (Å²) in [6.45, 7) is 3.07. The minimum absolute atomic E-state index is 0.830. The van der Waals surface area contributed by atoms with Crippen LogP contribution >= 0.6 is 11.3 Å². The highest BCUT2D eigenvalue weighted by Gasteiger charge is 2.21. The van der Waals surface area contributed by atoms with E-state index in [2.05, 4.69) is 16.4 Å². The normalized spacial score (nSPS) is 15.6. The summed E-state index contributed by atoms with van der Waals surface area (Å²) < 4.78 is 1.17. The molecular formula is C12H15N3S. The fourth-order valence-electron chi connectivity index (χ4n) is 1.83. The molecule has 0 radical (unpaired) electrons. The van der Waals surface area contributed by atoms with Gasteiger partial charge in [-0.15, -0.1) is 11.3 Å². The molecule has 84 valence electrons.